The van der Waals surface area contributed by atoms with Gasteiger partial charge >= 0.3 is 0 Å². The quantitative estimate of drug-likeness (QED) is 0.452. The van der Waals surface area contributed by atoms with Crippen LogP contribution in [0, 0.1) is 0 Å². The largest absolute Gasteiger partial charge is 0.380 e. The molecule has 0 aromatic carbocycles. The molecule has 0 aliphatic rings. The molecule has 0 aliphatic heterocycles. The van der Waals surface area contributed by atoms with Crippen LogP contribution in [0.5, 0.6) is 0 Å². The van der Waals surface area contributed by atoms with E-state index >= 15 is 0 Å². The van der Waals surface area contributed by atoms with Crippen LogP contribution in [0.25, 0.3) is 0 Å². The Hall–Kier alpha value is 0.210. The first-order valence-electron chi connectivity index (χ1n) is 4.26. The van der Waals surface area contributed by atoms with Gasteiger partial charge < -0.3 is 10.1 Å². The maximum Gasteiger partial charge on any atom is 0.0590 e. The van der Waals surface area contributed by atoms with Gasteiger partial charge in [-0.3, -0.25) is 0 Å². The van der Waals surface area contributed by atoms with E-state index in [-0.39, 0.29) is 0 Å². The molecule has 68 valence electrons. The highest BCUT2D eigenvalue weighted by Crippen LogP contribution is 1.88. The zero-order valence-electron chi connectivity index (χ0n) is 7.24. The fraction of sp³-hybridized carbons (Fsp3) is 1.00. The van der Waals surface area contributed by atoms with Gasteiger partial charge in [-0.05, 0) is 26.3 Å². The van der Waals surface area contributed by atoms with Crippen LogP contribution in [-0.2, 0) is 4.74 Å². The molecule has 3 heteroatoms. The summed E-state index contributed by atoms with van der Waals surface area (Å²) in [5.41, 5.74) is 0. The molecule has 0 unspecified atom stereocenters. The first kappa shape index (κ1) is 11.2. The fourth-order valence-corrected chi connectivity index (χ4v) is 0.947. The van der Waals surface area contributed by atoms with Gasteiger partial charge in [0.25, 0.3) is 0 Å². The minimum absolute atomic E-state index is 0.771. The van der Waals surface area contributed by atoms with E-state index in [1.807, 2.05) is 6.92 Å². The molecule has 0 atom stereocenters. The Morgan fingerprint density at radius 2 is 2.09 bits per heavy atom. The molecule has 0 rings (SSSR count). The summed E-state index contributed by atoms with van der Waals surface area (Å²) >= 11 is 5.51. The monoisotopic (exact) mass is 179 g/mol. The lowest BCUT2D eigenvalue weighted by Gasteiger charge is -2.03. The number of unbranched alkanes of at least 4 members (excludes halogenated alkanes) is 1. The van der Waals surface area contributed by atoms with Crippen molar-refractivity contribution in [2.45, 2.75) is 19.8 Å². The molecular weight excluding hydrogens is 162 g/mol. The Morgan fingerprint density at radius 3 is 2.73 bits per heavy atom. The van der Waals surface area contributed by atoms with Crippen LogP contribution in [-0.4, -0.2) is 32.2 Å². The minimum Gasteiger partial charge on any atom is -0.380 e. The SMILES string of the molecule is CCOCCNCCCCCl. The Bertz CT molecular complexity index is 63.1. The van der Waals surface area contributed by atoms with Gasteiger partial charge in [-0.25, -0.2) is 0 Å². The molecule has 0 aromatic rings. The molecule has 0 saturated heterocycles. The van der Waals surface area contributed by atoms with Crippen LogP contribution < -0.4 is 5.32 Å². The summed E-state index contributed by atoms with van der Waals surface area (Å²) in [4.78, 5) is 0. The van der Waals surface area contributed by atoms with Crippen LogP contribution in [0.4, 0.5) is 0 Å². The maximum atomic E-state index is 5.51. The normalized spacial score (nSPS) is 10.4. The van der Waals surface area contributed by atoms with Crippen LogP contribution in [0.15, 0.2) is 0 Å². The summed E-state index contributed by atoms with van der Waals surface area (Å²) in [5.74, 6) is 0.771. The molecule has 0 amide bonds. The number of hydrogen-bond donors (Lipinski definition) is 1. The summed E-state index contributed by atoms with van der Waals surface area (Å²) in [6, 6.07) is 0. The number of ether oxygens (including phenoxy) is 1. The van der Waals surface area contributed by atoms with E-state index in [1.165, 1.54) is 0 Å². The van der Waals surface area contributed by atoms with Crippen LogP contribution in [0.3, 0.4) is 0 Å². The molecule has 0 spiro atoms. The summed E-state index contributed by atoms with van der Waals surface area (Å²) in [5, 5.41) is 3.27. The van der Waals surface area contributed by atoms with Crippen molar-refractivity contribution in [1.82, 2.24) is 5.32 Å². The first-order chi connectivity index (χ1) is 5.41. The van der Waals surface area contributed by atoms with Gasteiger partial charge in [0, 0.05) is 19.0 Å². The van der Waals surface area contributed by atoms with Gasteiger partial charge in [-0.1, -0.05) is 0 Å². The summed E-state index contributed by atoms with van der Waals surface area (Å²) in [6.45, 7) is 5.64. The fourth-order valence-electron chi connectivity index (χ4n) is 0.758. The van der Waals surface area contributed by atoms with E-state index in [9.17, 15) is 0 Å². The number of nitrogens with one attached hydrogen (secondary N) is 1. The second-order valence-corrected chi connectivity index (χ2v) is 2.72. The summed E-state index contributed by atoms with van der Waals surface area (Å²) in [7, 11) is 0. The Morgan fingerprint density at radius 1 is 1.27 bits per heavy atom. The number of halogens is 1. The standard InChI is InChI=1S/C8H18ClNO/c1-2-11-8-7-10-6-4-3-5-9/h10H,2-8H2,1H3. The van der Waals surface area contributed by atoms with Crippen molar-refractivity contribution < 1.29 is 4.74 Å². The third kappa shape index (κ3) is 10.2. The van der Waals surface area contributed by atoms with E-state index in [0.29, 0.717) is 0 Å². The zero-order valence-corrected chi connectivity index (χ0v) is 7.99. The highest BCUT2D eigenvalue weighted by molar-refractivity contribution is 6.17. The van der Waals surface area contributed by atoms with Crippen molar-refractivity contribution in [2.24, 2.45) is 0 Å². The molecule has 0 heterocycles. The van der Waals surface area contributed by atoms with Crippen molar-refractivity contribution in [1.29, 1.82) is 0 Å². The molecule has 11 heavy (non-hydrogen) atoms. The van der Waals surface area contributed by atoms with Gasteiger partial charge in [-0.2, -0.15) is 0 Å². The number of alkyl halides is 1. The Labute approximate surface area is 74.3 Å². The molecule has 0 radical (unpaired) electrons. The van der Waals surface area contributed by atoms with Crippen LogP contribution >= 0.6 is 11.6 Å². The maximum absolute atomic E-state index is 5.51. The summed E-state index contributed by atoms with van der Waals surface area (Å²) in [6.07, 6.45) is 2.26. The van der Waals surface area contributed by atoms with Crippen molar-refractivity contribution in [3.05, 3.63) is 0 Å². The third-order valence-electron chi connectivity index (χ3n) is 1.36. The van der Waals surface area contributed by atoms with Crippen molar-refractivity contribution in [2.75, 3.05) is 32.2 Å². The number of rotatable bonds is 8. The second kappa shape index (κ2) is 10.2. The Kier molecular flexibility index (Phi) is 10.4. The van der Waals surface area contributed by atoms with Crippen LogP contribution in [0.1, 0.15) is 19.8 Å². The minimum atomic E-state index is 0.771. The van der Waals surface area contributed by atoms with Gasteiger partial charge in [0.15, 0.2) is 0 Å². The van der Waals surface area contributed by atoms with Gasteiger partial charge in [-0.15, -0.1) is 11.6 Å². The topological polar surface area (TPSA) is 21.3 Å². The highest BCUT2D eigenvalue weighted by atomic mass is 35.5. The van der Waals surface area contributed by atoms with Crippen molar-refractivity contribution in [3.63, 3.8) is 0 Å². The van der Waals surface area contributed by atoms with Gasteiger partial charge in [0.1, 0.15) is 0 Å². The molecule has 0 saturated carbocycles. The molecule has 0 aliphatic carbocycles. The van der Waals surface area contributed by atoms with E-state index in [0.717, 1.165) is 45.0 Å². The highest BCUT2D eigenvalue weighted by Gasteiger charge is 1.87. The average molecular weight is 180 g/mol. The molecule has 0 aromatic heterocycles. The second-order valence-electron chi connectivity index (χ2n) is 2.34. The van der Waals surface area contributed by atoms with Crippen molar-refractivity contribution >= 4 is 11.6 Å². The lowest BCUT2D eigenvalue weighted by molar-refractivity contribution is 0.149. The first-order valence-corrected chi connectivity index (χ1v) is 4.79. The third-order valence-corrected chi connectivity index (χ3v) is 1.63. The Balaban J connectivity index is 2.69. The van der Waals surface area contributed by atoms with Gasteiger partial charge in [0.2, 0.25) is 0 Å². The van der Waals surface area contributed by atoms with Crippen molar-refractivity contribution in [3.8, 4) is 0 Å². The average Bonchev–Trinajstić information content (AvgIpc) is 2.03. The molecule has 1 N–H and O–H groups in total. The lowest BCUT2D eigenvalue weighted by Crippen LogP contribution is -2.20. The van der Waals surface area contributed by atoms with E-state index < -0.39 is 0 Å². The summed E-state index contributed by atoms with van der Waals surface area (Å²) < 4.78 is 5.15. The van der Waals surface area contributed by atoms with Crippen LogP contribution in [0.2, 0.25) is 0 Å². The van der Waals surface area contributed by atoms with E-state index in [2.05, 4.69) is 5.32 Å². The van der Waals surface area contributed by atoms with E-state index in [4.69, 9.17) is 16.3 Å². The van der Waals surface area contributed by atoms with Gasteiger partial charge in [0.05, 0.1) is 6.61 Å². The predicted octanol–water partition coefficient (Wildman–Crippen LogP) is 1.63. The molecular formula is C8H18ClNO. The molecule has 0 fully saturated rings. The number of hydrogen-bond acceptors (Lipinski definition) is 2. The smallest absolute Gasteiger partial charge is 0.0590 e. The zero-order chi connectivity index (χ0) is 8.36. The molecule has 0 bridgehead atoms. The predicted molar refractivity (Wildman–Crippen MR) is 49.3 cm³/mol. The molecule has 2 nitrogen and oxygen atoms in total. The van der Waals surface area contributed by atoms with E-state index in [1.54, 1.807) is 0 Å². The lowest BCUT2D eigenvalue weighted by atomic mass is 10.3.